The fraction of sp³-hybridized carbons (Fsp3) is 0.250. The topological polar surface area (TPSA) is 26.0 Å². The van der Waals surface area contributed by atoms with E-state index >= 15 is 0 Å². The second-order valence-electron chi connectivity index (χ2n) is 4.99. The van der Waals surface area contributed by atoms with Crippen LogP contribution in [0.5, 0.6) is 0 Å². The molecular weight excluding hydrogens is 242 g/mol. The predicted octanol–water partition coefficient (Wildman–Crippen LogP) is 4.14. The van der Waals surface area contributed by atoms with Crippen molar-refractivity contribution in [1.29, 1.82) is 0 Å². The van der Waals surface area contributed by atoms with Gasteiger partial charge in [0.05, 0.1) is 0 Å². The highest BCUT2D eigenvalue weighted by Gasteiger charge is 2.42. The number of nitrogens with two attached hydrogens (primary N) is 1. The molecule has 1 nitrogen and oxygen atoms in total. The molecule has 0 spiro atoms. The third kappa shape index (κ3) is 2.29. The lowest BCUT2D eigenvalue weighted by molar-refractivity contribution is 0.616. The van der Waals surface area contributed by atoms with Crippen LogP contribution in [0.2, 0.25) is 5.02 Å². The monoisotopic (exact) mass is 257 g/mol. The number of hydrogen-bond donors (Lipinski definition) is 1. The predicted molar refractivity (Wildman–Crippen MR) is 75.7 cm³/mol. The molecule has 0 amide bonds. The molecule has 0 heterocycles. The van der Waals surface area contributed by atoms with Crippen LogP contribution in [0.25, 0.3) is 0 Å². The minimum absolute atomic E-state index is 0.118. The Morgan fingerprint density at radius 1 is 1.00 bits per heavy atom. The summed E-state index contributed by atoms with van der Waals surface area (Å²) in [6, 6.07) is 18.6. The summed E-state index contributed by atoms with van der Waals surface area (Å²) in [6.45, 7) is 0. The molecule has 2 aromatic carbocycles. The van der Waals surface area contributed by atoms with Crippen LogP contribution in [0.15, 0.2) is 54.6 Å². The highest BCUT2D eigenvalue weighted by atomic mass is 35.5. The fourth-order valence-electron chi connectivity index (χ4n) is 2.63. The van der Waals surface area contributed by atoms with E-state index in [0.717, 1.165) is 5.02 Å². The minimum Gasteiger partial charge on any atom is -0.324 e. The normalized spacial score (nSPS) is 23.7. The van der Waals surface area contributed by atoms with Gasteiger partial charge in [-0.15, -0.1) is 0 Å². The molecule has 1 saturated carbocycles. The van der Waals surface area contributed by atoms with Crippen molar-refractivity contribution in [1.82, 2.24) is 0 Å². The molecule has 1 fully saturated rings. The van der Waals surface area contributed by atoms with Crippen molar-refractivity contribution < 1.29 is 0 Å². The average molecular weight is 258 g/mol. The Morgan fingerprint density at radius 3 is 2.33 bits per heavy atom. The van der Waals surface area contributed by atoms with Gasteiger partial charge < -0.3 is 5.73 Å². The first-order valence-electron chi connectivity index (χ1n) is 6.31. The lowest BCUT2D eigenvalue weighted by Crippen LogP contribution is -2.13. The molecular formula is C16H16ClN. The molecule has 2 aromatic rings. The zero-order valence-corrected chi connectivity index (χ0v) is 10.8. The van der Waals surface area contributed by atoms with E-state index in [-0.39, 0.29) is 6.04 Å². The molecule has 2 heteroatoms. The van der Waals surface area contributed by atoms with Gasteiger partial charge in [-0.1, -0.05) is 54.1 Å². The first-order chi connectivity index (χ1) is 8.75. The van der Waals surface area contributed by atoms with Gasteiger partial charge in [0.25, 0.3) is 0 Å². The van der Waals surface area contributed by atoms with Crippen molar-refractivity contribution in [2.75, 3.05) is 0 Å². The van der Waals surface area contributed by atoms with Crippen molar-refractivity contribution in [3.8, 4) is 0 Å². The van der Waals surface area contributed by atoms with Crippen LogP contribution in [0.3, 0.4) is 0 Å². The second-order valence-corrected chi connectivity index (χ2v) is 5.43. The van der Waals surface area contributed by atoms with Gasteiger partial charge in [-0.25, -0.2) is 0 Å². The Kier molecular flexibility index (Phi) is 3.11. The summed E-state index contributed by atoms with van der Waals surface area (Å²) in [5, 5.41) is 0.765. The zero-order valence-electron chi connectivity index (χ0n) is 10.1. The Morgan fingerprint density at radius 2 is 1.67 bits per heavy atom. The highest BCUT2D eigenvalue weighted by molar-refractivity contribution is 6.30. The maximum atomic E-state index is 6.34. The summed E-state index contributed by atoms with van der Waals surface area (Å²) in [4.78, 5) is 0. The van der Waals surface area contributed by atoms with Crippen molar-refractivity contribution in [2.45, 2.75) is 18.4 Å². The van der Waals surface area contributed by atoms with E-state index in [9.17, 15) is 0 Å². The molecule has 1 aliphatic rings. The maximum Gasteiger partial charge on any atom is 0.0406 e. The highest BCUT2D eigenvalue weighted by Crippen LogP contribution is 2.53. The number of benzene rings is 2. The van der Waals surface area contributed by atoms with Gasteiger partial charge in [-0.3, -0.25) is 0 Å². The summed E-state index contributed by atoms with van der Waals surface area (Å²) in [6.07, 6.45) is 1.19. The third-order valence-corrected chi connectivity index (χ3v) is 4.04. The Hall–Kier alpha value is -1.31. The van der Waals surface area contributed by atoms with E-state index in [1.165, 1.54) is 17.5 Å². The smallest absolute Gasteiger partial charge is 0.0406 e. The zero-order chi connectivity index (χ0) is 12.5. The molecule has 18 heavy (non-hydrogen) atoms. The molecule has 0 radical (unpaired) electrons. The average Bonchev–Trinajstić information content (AvgIpc) is 3.20. The molecule has 0 bridgehead atoms. The van der Waals surface area contributed by atoms with Crippen LogP contribution in [-0.2, 0) is 0 Å². The summed E-state index contributed by atoms with van der Waals surface area (Å²) >= 11 is 5.90. The van der Waals surface area contributed by atoms with Gasteiger partial charge in [0.15, 0.2) is 0 Å². The second kappa shape index (κ2) is 4.75. The number of halogens is 1. The molecule has 3 atom stereocenters. The van der Waals surface area contributed by atoms with Gasteiger partial charge in [0.2, 0.25) is 0 Å². The summed E-state index contributed by atoms with van der Waals surface area (Å²) in [5.74, 6) is 1.19. The molecule has 2 N–H and O–H groups in total. The van der Waals surface area contributed by atoms with E-state index in [2.05, 4.69) is 30.3 Å². The van der Waals surface area contributed by atoms with E-state index in [1.807, 2.05) is 24.3 Å². The summed E-state index contributed by atoms with van der Waals surface area (Å²) in [5.41, 5.74) is 8.93. The number of hydrogen-bond acceptors (Lipinski definition) is 1. The molecule has 0 saturated heterocycles. The van der Waals surface area contributed by atoms with Gasteiger partial charge in [0, 0.05) is 11.1 Å². The van der Waals surface area contributed by atoms with E-state index in [0.29, 0.717) is 11.8 Å². The van der Waals surface area contributed by atoms with Crippen LogP contribution < -0.4 is 5.73 Å². The first kappa shape index (κ1) is 11.8. The third-order valence-electron chi connectivity index (χ3n) is 3.78. The number of rotatable bonds is 3. The van der Waals surface area contributed by atoms with Crippen LogP contribution in [0.1, 0.15) is 29.5 Å². The first-order valence-corrected chi connectivity index (χ1v) is 6.69. The maximum absolute atomic E-state index is 6.34. The molecule has 3 rings (SSSR count). The minimum atomic E-state index is 0.118. The Balaban J connectivity index is 1.73. The van der Waals surface area contributed by atoms with Crippen molar-refractivity contribution in [3.63, 3.8) is 0 Å². The van der Waals surface area contributed by atoms with Crippen LogP contribution in [0.4, 0.5) is 0 Å². The van der Waals surface area contributed by atoms with Crippen LogP contribution >= 0.6 is 11.6 Å². The Bertz CT molecular complexity index is 521. The standard InChI is InChI=1S/C16H16ClN/c17-13-8-6-12(7-9-13)16(18)15-10-14(15)11-4-2-1-3-5-11/h1-9,14-16H,10,18H2/t14-,15+,16?/m0/s1. The lowest BCUT2D eigenvalue weighted by atomic mass is 10.00. The van der Waals surface area contributed by atoms with Crippen LogP contribution in [0, 0.1) is 5.92 Å². The van der Waals surface area contributed by atoms with Crippen molar-refractivity contribution in [3.05, 3.63) is 70.7 Å². The van der Waals surface area contributed by atoms with Crippen molar-refractivity contribution >= 4 is 11.6 Å². The summed E-state index contributed by atoms with van der Waals surface area (Å²) in [7, 11) is 0. The van der Waals surface area contributed by atoms with Gasteiger partial charge >= 0.3 is 0 Å². The quantitative estimate of drug-likeness (QED) is 0.879. The van der Waals surface area contributed by atoms with E-state index in [4.69, 9.17) is 17.3 Å². The largest absolute Gasteiger partial charge is 0.324 e. The van der Waals surface area contributed by atoms with E-state index < -0.39 is 0 Å². The molecule has 92 valence electrons. The van der Waals surface area contributed by atoms with Crippen LogP contribution in [-0.4, -0.2) is 0 Å². The SMILES string of the molecule is NC(c1ccc(Cl)cc1)[C@@H]1C[C@H]1c1ccccc1. The van der Waals surface area contributed by atoms with E-state index in [1.54, 1.807) is 0 Å². The van der Waals surface area contributed by atoms with Gasteiger partial charge in [0.1, 0.15) is 0 Å². The molecule has 0 aromatic heterocycles. The molecule has 1 unspecified atom stereocenters. The molecule has 0 aliphatic heterocycles. The summed E-state index contributed by atoms with van der Waals surface area (Å²) < 4.78 is 0. The Labute approximate surface area is 113 Å². The lowest BCUT2D eigenvalue weighted by Gasteiger charge is -2.12. The van der Waals surface area contributed by atoms with Crippen molar-refractivity contribution in [2.24, 2.45) is 11.7 Å². The fourth-order valence-corrected chi connectivity index (χ4v) is 2.75. The van der Waals surface area contributed by atoms with Gasteiger partial charge in [-0.2, -0.15) is 0 Å². The van der Waals surface area contributed by atoms with Gasteiger partial charge in [-0.05, 0) is 41.5 Å². The molecule has 1 aliphatic carbocycles.